The first-order chi connectivity index (χ1) is 15.2. The molecule has 32 heavy (non-hydrogen) atoms. The van der Waals surface area contributed by atoms with Gasteiger partial charge in [0.05, 0.1) is 18.7 Å². The van der Waals surface area contributed by atoms with Crippen molar-refractivity contribution < 1.29 is 24.2 Å². The summed E-state index contributed by atoms with van der Waals surface area (Å²) in [6, 6.07) is 2.69. The van der Waals surface area contributed by atoms with Gasteiger partial charge in [0.15, 0.2) is 0 Å². The lowest BCUT2D eigenvalue weighted by molar-refractivity contribution is -0.139. The van der Waals surface area contributed by atoms with E-state index >= 15 is 0 Å². The van der Waals surface area contributed by atoms with E-state index in [9.17, 15) is 19.5 Å². The molecule has 1 aliphatic rings. The molecule has 1 fully saturated rings. The first kappa shape index (κ1) is 23.2. The lowest BCUT2D eigenvalue weighted by Crippen LogP contribution is -2.32. The number of hydrogen-bond donors (Lipinski definition) is 2. The van der Waals surface area contributed by atoms with E-state index in [0.29, 0.717) is 35.3 Å². The van der Waals surface area contributed by atoms with Crippen molar-refractivity contribution in [2.24, 2.45) is 0 Å². The van der Waals surface area contributed by atoms with Gasteiger partial charge in [-0.2, -0.15) is 0 Å². The third-order valence-corrected chi connectivity index (χ3v) is 5.63. The summed E-state index contributed by atoms with van der Waals surface area (Å²) in [4.78, 5) is 48.6. The number of Topliss-reactive ketones (excluding diaryl/α,β-unsaturated/α-hetero) is 1. The minimum atomic E-state index is -0.756. The van der Waals surface area contributed by atoms with Gasteiger partial charge in [0.1, 0.15) is 11.5 Å². The Morgan fingerprint density at radius 1 is 1.25 bits per heavy atom. The van der Waals surface area contributed by atoms with Crippen molar-refractivity contribution in [1.82, 2.24) is 19.8 Å². The zero-order valence-corrected chi connectivity index (χ0v) is 18.9. The molecular formula is C23H28N4O5. The van der Waals surface area contributed by atoms with Crippen molar-refractivity contribution in [1.29, 1.82) is 0 Å². The fraction of sp³-hybridized carbons (Fsp3) is 0.391. The quantitative estimate of drug-likeness (QED) is 0.293. The molecule has 3 heterocycles. The van der Waals surface area contributed by atoms with Crippen molar-refractivity contribution in [2.45, 2.75) is 26.3 Å². The van der Waals surface area contributed by atoms with Gasteiger partial charge < -0.3 is 24.6 Å². The highest BCUT2D eigenvalue weighted by atomic mass is 16.5. The summed E-state index contributed by atoms with van der Waals surface area (Å²) in [5, 5.41) is 11.3. The maximum absolute atomic E-state index is 13.1. The zero-order valence-electron chi connectivity index (χ0n) is 18.9. The number of esters is 1. The molecule has 0 unspecified atom stereocenters. The number of likely N-dealkylation sites (tertiary alicyclic amines) is 1. The number of aromatic amines is 1. The Balaban J connectivity index is 2.15. The maximum atomic E-state index is 13.1. The number of ether oxygens (including phenoxy) is 1. The number of nitrogens with zero attached hydrogens (tertiary/aromatic N) is 3. The highest BCUT2D eigenvalue weighted by Crippen LogP contribution is 2.40. The van der Waals surface area contributed by atoms with E-state index in [2.05, 4.69) is 9.97 Å². The number of rotatable bonds is 7. The standard InChI is InChI=1S/C23H28N4O5/c1-13-16(14(2)25-18(13)23(31)32-5)20(28)17-19(15-7-9-24-10-8-15)27(22(30)21(17)29)12-6-11-26(3)4/h7-10,19,25,28H,6,11-12H2,1-5H3/t19-/m0/s1. The van der Waals surface area contributed by atoms with Crippen LogP contribution in [0.2, 0.25) is 0 Å². The molecule has 0 aliphatic carbocycles. The summed E-state index contributed by atoms with van der Waals surface area (Å²) in [7, 11) is 5.13. The number of hydrogen-bond acceptors (Lipinski definition) is 7. The first-order valence-electron chi connectivity index (χ1n) is 10.3. The fourth-order valence-corrected chi connectivity index (χ4v) is 4.11. The molecule has 2 N–H and O–H groups in total. The average Bonchev–Trinajstić information content (AvgIpc) is 3.20. The number of aliphatic hydroxyl groups excluding tert-OH is 1. The van der Waals surface area contributed by atoms with Gasteiger partial charge >= 0.3 is 5.97 Å². The SMILES string of the molecule is COC(=O)c1[nH]c(C)c(C(O)=C2C(=O)C(=O)N(CCCN(C)C)[C@H]2c2ccncc2)c1C. The van der Waals surface area contributed by atoms with Crippen molar-refractivity contribution in [3.8, 4) is 0 Å². The summed E-state index contributed by atoms with van der Waals surface area (Å²) in [5.41, 5.74) is 2.10. The number of amides is 1. The van der Waals surface area contributed by atoms with E-state index < -0.39 is 23.7 Å². The Morgan fingerprint density at radius 2 is 1.91 bits per heavy atom. The molecule has 9 nitrogen and oxygen atoms in total. The van der Waals surface area contributed by atoms with E-state index in [-0.39, 0.29) is 17.0 Å². The van der Waals surface area contributed by atoms with E-state index in [4.69, 9.17) is 4.74 Å². The molecule has 0 saturated carbocycles. The summed E-state index contributed by atoms with van der Waals surface area (Å²) in [5.74, 6) is -2.32. The smallest absolute Gasteiger partial charge is 0.354 e. The Bertz CT molecular complexity index is 1070. The Morgan fingerprint density at radius 3 is 2.50 bits per heavy atom. The van der Waals surface area contributed by atoms with Gasteiger partial charge in [0.25, 0.3) is 11.7 Å². The van der Waals surface area contributed by atoms with Crippen molar-refractivity contribution in [3.63, 3.8) is 0 Å². The second-order valence-corrected chi connectivity index (χ2v) is 8.05. The molecule has 1 amide bonds. The number of pyridine rings is 1. The summed E-state index contributed by atoms with van der Waals surface area (Å²) in [6.07, 6.45) is 3.82. The van der Waals surface area contributed by atoms with Gasteiger partial charge in [-0.1, -0.05) is 0 Å². The predicted octanol–water partition coefficient (Wildman–Crippen LogP) is 2.19. The van der Waals surface area contributed by atoms with Crippen LogP contribution in [-0.4, -0.2) is 76.8 Å². The van der Waals surface area contributed by atoms with Crippen LogP contribution in [0, 0.1) is 13.8 Å². The number of methoxy groups -OCH3 is 1. The van der Waals surface area contributed by atoms with Crippen LogP contribution in [0.15, 0.2) is 30.1 Å². The summed E-state index contributed by atoms with van der Waals surface area (Å²) in [6.45, 7) is 4.43. The molecule has 1 atom stereocenters. The van der Waals surface area contributed by atoms with Gasteiger partial charge in [-0.15, -0.1) is 0 Å². The van der Waals surface area contributed by atoms with Crippen molar-refractivity contribution in [3.05, 3.63) is 58.2 Å². The van der Waals surface area contributed by atoms with Crippen LogP contribution in [-0.2, 0) is 14.3 Å². The molecular weight excluding hydrogens is 412 g/mol. The molecule has 170 valence electrons. The number of carbonyl (C=O) groups excluding carboxylic acids is 3. The summed E-state index contributed by atoms with van der Waals surface area (Å²) < 4.78 is 4.79. The van der Waals surface area contributed by atoms with Gasteiger partial charge in [-0.25, -0.2) is 4.79 Å². The third-order valence-electron chi connectivity index (χ3n) is 5.63. The molecule has 3 rings (SSSR count). The van der Waals surface area contributed by atoms with E-state index in [0.717, 1.165) is 6.54 Å². The molecule has 0 radical (unpaired) electrons. The van der Waals surface area contributed by atoms with Crippen molar-refractivity contribution in [2.75, 3.05) is 34.3 Å². The number of aliphatic hydroxyl groups is 1. The average molecular weight is 441 g/mol. The van der Waals surface area contributed by atoms with Gasteiger partial charge in [0.2, 0.25) is 0 Å². The number of carbonyl (C=O) groups is 3. The lowest BCUT2D eigenvalue weighted by atomic mass is 9.94. The Kier molecular flexibility index (Phi) is 6.78. The monoisotopic (exact) mass is 440 g/mol. The van der Waals surface area contributed by atoms with Crippen LogP contribution in [0.25, 0.3) is 5.76 Å². The molecule has 0 spiro atoms. The van der Waals surface area contributed by atoms with Crippen LogP contribution < -0.4 is 0 Å². The molecule has 1 saturated heterocycles. The number of H-pyrrole nitrogens is 1. The van der Waals surface area contributed by atoms with Crippen LogP contribution in [0.4, 0.5) is 0 Å². The topological polar surface area (TPSA) is 116 Å². The number of aromatic nitrogens is 2. The van der Waals surface area contributed by atoms with E-state index in [1.165, 1.54) is 12.0 Å². The molecule has 1 aliphatic heterocycles. The Labute approximate surface area is 186 Å². The lowest BCUT2D eigenvalue weighted by Gasteiger charge is -2.25. The normalized spacial score (nSPS) is 17.9. The minimum Gasteiger partial charge on any atom is -0.507 e. The predicted molar refractivity (Wildman–Crippen MR) is 118 cm³/mol. The van der Waals surface area contributed by atoms with Gasteiger partial charge in [-0.05, 0) is 64.2 Å². The second-order valence-electron chi connectivity index (χ2n) is 8.05. The van der Waals surface area contributed by atoms with Crippen molar-refractivity contribution >= 4 is 23.4 Å². The second kappa shape index (κ2) is 9.35. The number of nitrogens with one attached hydrogen (secondary N) is 1. The van der Waals surface area contributed by atoms with Crippen LogP contribution in [0.5, 0.6) is 0 Å². The van der Waals surface area contributed by atoms with Gasteiger partial charge in [-0.3, -0.25) is 14.6 Å². The van der Waals surface area contributed by atoms with Crippen LogP contribution in [0.1, 0.15) is 45.3 Å². The zero-order chi connectivity index (χ0) is 23.6. The van der Waals surface area contributed by atoms with Gasteiger partial charge in [0, 0.05) is 30.2 Å². The molecule has 2 aromatic heterocycles. The molecule has 9 heteroatoms. The Hall–Kier alpha value is -3.46. The minimum absolute atomic E-state index is 0.00679. The van der Waals surface area contributed by atoms with Crippen LogP contribution >= 0.6 is 0 Å². The third kappa shape index (κ3) is 4.16. The maximum Gasteiger partial charge on any atom is 0.354 e. The molecule has 0 aromatic carbocycles. The van der Waals surface area contributed by atoms with E-state index in [1.807, 2.05) is 19.0 Å². The summed E-state index contributed by atoms with van der Waals surface area (Å²) >= 11 is 0. The fourth-order valence-electron chi connectivity index (χ4n) is 4.11. The molecule has 2 aromatic rings. The number of aryl methyl sites for hydroxylation is 1. The van der Waals surface area contributed by atoms with Crippen LogP contribution in [0.3, 0.4) is 0 Å². The highest BCUT2D eigenvalue weighted by molar-refractivity contribution is 6.46. The highest BCUT2D eigenvalue weighted by Gasteiger charge is 2.46. The first-order valence-corrected chi connectivity index (χ1v) is 10.3. The largest absolute Gasteiger partial charge is 0.507 e. The molecule has 0 bridgehead atoms. The van der Waals surface area contributed by atoms with E-state index in [1.54, 1.807) is 38.4 Å². The number of ketones is 1.